The maximum absolute atomic E-state index is 16.9. The molecular weight excluding hydrogens is 694 g/mol. The molecule has 6 rings (SSSR count). The maximum atomic E-state index is 16.9. The van der Waals surface area contributed by atoms with Crippen LogP contribution < -0.4 is 14.8 Å². The van der Waals surface area contributed by atoms with E-state index in [1.165, 1.54) is 0 Å². The lowest BCUT2D eigenvalue weighted by molar-refractivity contribution is -0.138. The lowest BCUT2D eigenvalue weighted by Gasteiger charge is -2.54. The third-order valence-corrected chi connectivity index (χ3v) is 16.8. The Kier molecular flexibility index (Phi) is 11.2. The van der Waals surface area contributed by atoms with E-state index in [9.17, 15) is 5.11 Å². The standard InChI is InChI=1S/C41H58FN3O7Si/c1-10-13-19-49-29-23-25(28-16-15-18-45(28)7)33(42)26-21-24-22-27-34(43-17-12-3)36-32(39(44-51-36)50-20-14-11-2)38(48)41(27,52-53(8,9)40(4,5)6)37(47)30(24)35(46)31(26)29/h12,23-24,27-28,34,43,46H,3,10-11,13-22H2,1-2,4-9H3/t24-,27-,28?,34-,41-/m0/s1. The number of benzene rings is 1. The van der Waals surface area contributed by atoms with Gasteiger partial charge < -0.3 is 28.8 Å². The molecule has 4 aliphatic rings. The van der Waals surface area contributed by atoms with Gasteiger partial charge in [-0.25, -0.2) is 4.39 Å². The van der Waals surface area contributed by atoms with Crippen molar-refractivity contribution >= 4 is 25.6 Å². The molecule has 1 aliphatic heterocycles. The first-order chi connectivity index (χ1) is 25.1. The number of likely N-dealkylation sites (tertiary alicyclic amines) is 1. The highest BCUT2D eigenvalue weighted by Gasteiger charge is 2.68. The number of rotatable bonds is 14. The molecule has 1 aromatic carbocycles. The molecule has 2 heterocycles. The van der Waals surface area contributed by atoms with Crippen molar-refractivity contribution in [1.82, 2.24) is 15.4 Å². The van der Waals surface area contributed by atoms with E-state index in [4.69, 9.17) is 18.4 Å². The molecule has 53 heavy (non-hydrogen) atoms. The normalized spacial score (nSPS) is 25.9. The van der Waals surface area contributed by atoms with Gasteiger partial charge in [-0.15, -0.1) is 6.58 Å². The van der Waals surface area contributed by atoms with Gasteiger partial charge in [0.1, 0.15) is 22.9 Å². The van der Waals surface area contributed by atoms with Gasteiger partial charge in [0.05, 0.1) is 24.8 Å². The number of unbranched alkanes of at least 4 members (excludes halogenated alkanes) is 2. The van der Waals surface area contributed by atoms with Gasteiger partial charge >= 0.3 is 0 Å². The molecule has 12 heteroatoms. The molecule has 2 fully saturated rings. The van der Waals surface area contributed by atoms with Crippen LogP contribution in [0, 0.1) is 17.7 Å². The molecule has 1 aromatic heterocycles. The zero-order valence-electron chi connectivity index (χ0n) is 32.8. The lowest BCUT2D eigenvalue weighted by atomic mass is 9.57. The van der Waals surface area contributed by atoms with Crippen LogP contribution in [0.1, 0.15) is 124 Å². The fourth-order valence-corrected chi connectivity index (χ4v) is 9.91. The highest BCUT2D eigenvalue weighted by Crippen LogP contribution is 2.58. The number of Topliss-reactive ketones (excluding diaryl/α,β-unsaturated/α-hetero) is 2. The summed E-state index contributed by atoms with van der Waals surface area (Å²) in [6.07, 6.45) is 7.14. The molecule has 0 radical (unpaired) electrons. The Hall–Kier alpha value is -3.32. The van der Waals surface area contributed by atoms with E-state index in [1.807, 2.05) is 27.1 Å². The van der Waals surface area contributed by atoms with Gasteiger partial charge in [0.2, 0.25) is 11.6 Å². The summed E-state index contributed by atoms with van der Waals surface area (Å²) < 4.78 is 42.4. The molecule has 0 amide bonds. The number of aromatic nitrogens is 1. The number of aliphatic hydroxyl groups is 1. The Labute approximate surface area is 314 Å². The number of ether oxygens (including phenoxy) is 2. The van der Waals surface area contributed by atoms with Gasteiger partial charge in [-0.3, -0.25) is 14.5 Å². The van der Waals surface area contributed by atoms with Gasteiger partial charge in [0.15, 0.2) is 19.7 Å². The summed E-state index contributed by atoms with van der Waals surface area (Å²) in [6.45, 7) is 20.1. The highest BCUT2D eigenvalue weighted by atomic mass is 28.4. The van der Waals surface area contributed by atoms with E-state index in [-0.39, 0.29) is 63.8 Å². The zero-order valence-corrected chi connectivity index (χ0v) is 33.8. The predicted octanol–water partition coefficient (Wildman–Crippen LogP) is 8.44. The average molecular weight is 752 g/mol. The number of ketones is 2. The number of nitrogens with zero attached hydrogens (tertiary/aromatic N) is 2. The van der Waals surface area contributed by atoms with Crippen molar-refractivity contribution in [3.63, 3.8) is 0 Å². The molecule has 0 bridgehead atoms. The molecule has 5 atom stereocenters. The number of aliphatic hydroxyl groups excluding tert-OH is 1. The topological polar surface area (TPSA) is 123 Å². The number of halogens is 1. The number of hydrogen-bond acceptors (Lipinski definition) is 10. The molecule has 1 saturated carbocycles. The first-order valence-electron chi connectivity index (χ1n) is 19.5. The van der Waals surface area contributed by atoms with Gasteiger partial charge in [-0.2, -0.15) is 0 Å². The second-order valence-electron chi connectivity index (χ2n) is 16.8. The molecule has 0 spiro atoms. The molecular formula is C41H58FN3O7Si. The van der Waals surface area contributed by atoms with Crippen LogP contribution in [0.15, 0.2) is 28.8 Å². The predicted molar refractivity (Wildman–Crippen MR) is 204 cm³/mol. The average Bonchev–Trinajstić information content (AvgIpc) is 3.72. The monoisotopic (exact) mass is 751 g/mol. The van der Waals surface area contributed by atoms with Gasteiger partial charge in [-0.05, 0) is 87.4 Å². The molecule has 290 valence electrons. The van der Waals surface area contributed by atoms with Crippen molar-refractivity contribution < 1.29 is 37.5 Å². The Morgan fingerprint density at radius 2 is 1.85 bits per heavy atom. The van der Waals surface area contributed by atoms with Gasteiger partial charge in [0.25, 0.3) is 5.88 Å². The van der Waals surface area contributed by atoms with Crippen molar-refractivity contribution in [2.45, 2.75) is 122 Å². The SMILES string of the molecule is C=CCN[C@@H]1c2onc(OCCCC)c2C(=O)[C@@]2(O[Si](C)(C)C(C)(C)C)C(=O)C3=C(O)c4c(OCCCC)cc(C5CCCN5C)c(F)c4C[C@H]3C[C@@H]12. The minimum Gasteiger partial charge on any atom is -0.507 e. The molecule has 3 aliphatic carbocycles. The van der Waals surface area contributed by atoms with Crippen LogP contribution in [0.4, 0.5) is 4.39 Å². The molecule has 10 nitrogen and oxygen atoms in total. The summed E-state index contributed by atoms with van der Waals surface area (Å²) in [6, 6.07) is 0.907. The Morgan fingerprint density at radius 1 is 1.15 bits per heavy atom. The summed E-state index contributed by atoms with van der Waals surface area (Å²) in [5.41, 5.74) is -0.778. The lowest BCUT2D eigenvalue weighted by Crippen LogP contribution is -2.68. The molecule has 2 aromatic rings. The number of nitrogens with one attached hydrogen (secondary N) is 1. The van der Waals surface area contributed by atoms with E-state index >= 15 is 14.0 Å². The van der Waals surface area contributed by atoms with Crippen LogP contribution in [0.25, 0.3) is 5.76 Å². The number of fused-ring (bicyclic) bond motifs is 4. The highest BCUT2D eigenvalue weighted by molar-refractivity contribution is 6.74. The first-order valence-corrected chi connectivity index (χ1v) is 22.4. The molecule has 1 unspecified atom stereocenters. The van der Waals surface area contributed by atoms with E-state index in [1.54, 1.807) is 12.1 Å². The quantitative estimate of drug-likeness (QED) is 0.0842. The second kappa shape index (κ2) is 15.1. The van der Waals surface area contributed by atoms with Gasteiger partial charge in [-0.1, -0.05) is 53.5 Å². The minimum absolute atomic E-state index is 0.0284. The Balaban J connectivity index is 1.58. The number of hydrogen-bond donors (Lipinski definition) is 2. The van der Waals surface area contributed by atoms with Crippen molar-refractivity contribution in [3.8, 4) is 11.6 Å². The molecule has 2 N–H and O–H groups in total. The Morgan fingerprint density at radius 3 is 2.47 bits per heavy atom. The first kappa shape index (κ1) is 39.4. The maximum Gasteiger partial charge on any atom is 0.265 e. The van der Waals surface area contributed by atoms with Gasteiger partial charge in [0, 0.05) is 35.2 Å². The summed E-state index contributed by atoms with van der Waals surface area (Å²) in [4.78, 5) is 33.1. The van der Waals surface area contributed by atoms with Crippen LogP contribution in [0.2, 0.25) is 18.1 Å². The van der Waals surface area contributed by atoms with Crippen molar-refractivity contribution in [2.24, 2.45) is 11.8 Å². The molecule has 1 saturated heterocycles. The van der Waals surface area contributed by atoms with Crippen LogP contribution in [0.3, 0.4) is 0 Å². The number of carbonyl (C=O) groups excluding carboxylic acids is 2. The van der Waals surface area contributed by atoms with Crippen molar-refractivity contribution in [2.75, 3.05) is 33.4 Å². The summed E-state index contributed by atoms with van der Waals surface area (Å²) in [7, 11) is -0.900. The van der Waals surface area contributed by atoms with E-state index < -0.39 is 43.4 Å². The largest absolute Gasteiger partial charge is 0.507 e. The van der Waals surface area contributed by atoms with Crippen molar-refractivity contribution in [3.05, 3.63) is 58.1 Å². The summed E-state index contributed by atoms with van der Waals surface area (Å²) in [5.74, 6) is -2.59. The van der Waals surface area contributed by atoms with Crippen LogP contribution in [0.5, 0.6) is 11.6 Å². The smallest absolute Gasteiger partial charge is 0.265 e. The van der Waals surface area contributed by atoms with Crippen molar-refractivity contribution in [1.29, 1.82) is 0 Å². The summed E-state index contributed by atoms with van der Waals surface area (Å²) in [5, 5.41) is 19.7. The summed E-state index contributed by atoms with van der Waals surface area (Å²) >= 11 is 0. The zero-order chi connectivity index (χ0) is 38.5. The third kappa shape index (κ3) is 6.61. The van der Waals surface area contributed by atoms with Crippen LogP contribution >= 0.6 is 0 Å². The fraction of sp³-hybridized carbons (Fsp3) is 0.634. The van der Waals surface area contributed by atoms with E-state index in [0.717, 1.165) is 45.1 Å². The van der Waals surface area contributed by atoms with Crippen LogP contribution in [-0.2, 0) is 15.6 Å². The van der Waals surface area contributed by atoms with Crippen LogP contribution in [-0.4, -0.2) is 74.0 Å². The fourth-order valence-electron chi connectivity index (χ4n) is 8.46. The second-order valence-corrected chi connectivity index (χ2v) is 21.6. The Bertz CT molecular complexity index is 1780. The third-order valence-electron chi connectivity index (χ3n) is 12.4. The minimum atomic E-state index is -2.90. The van der Waals surface area contributed by atoms with E-state index in [2.05, 4.69) is 49.6 Å². The van der Waals surface area contributed by atoms with E-state index in [0.29, 0.717) is 36.6 Å². The number of carbonyl (C=O) groups is 2.